The molecule has 0 unspecified atom stereocenters. The summed E-state index contributed by atoms with van der Waals surface area (Å²) < 4.78 is 11.2. The van der Waals surface area contributed by atoms with Crippen molar-refractivity contribution in [3.05, 3.63) is 57.1 Å². The molecule has 0 bridgehead atoms. The van der Waals surface area contributed by atoms with Crippen LogP contribution in [0.1, 0.15) is 36.5 Å². The number of hydrogen-bond acceptors (Lipinski definition) is 5. The lowest BCUT2D eigenvalue weighted by molar-refractivity contribution is -0.384. The highest BCUT2D eigenvalue weighted by molar-refractivity contribution is 5.56. The lowest BCUT2D eigenvalue weighted by atomic mass is 10.0. The van der Waals surface area contributed by atoms with Crippen LogP contribution in [-0.4, -0.2) is 12.0 Å². The summed E-state index contributed by atoms with van der Waals surface area (Å²) in [6, 6.07) is 9.97. The first-order valence-electron chi connectivity index (χ1n) is 7.42. The van der Waals surface area contributed by atoms with Crippen LogP contribution in [0.3, 0.4) is 0 Å². The van der Waals surface area contributed by atoms with E-state index in [2.05, 4.69) is 0 Å². The van der Waals surface area contributed by atoms with Crippen LogP contribution < -0.4 is 9.47 Å². The van der Waals surface area contributed by atoms with Gasteiger partial charge in [0.2, 0.25) is 0 Å². The van der Waals surface area contributed by atoms with Crippen molar-refractivity contribution < 1.29 is 14.4 Å². The summed E-state index contributed by atoms with van der Waals surface area (Å²) in [5, 5.41) is 20.2. The maximum Gasteiger partial charge on any atom is 0.271 e. The summed E-state index contributed by atoms with van der Waals surface area (Å²) in [6.45, 7) is 5.76. The third kappa shape index (κ3) is 3.46. The monoisotopic (exact) mass is 326 g/mol. The average Bonchev–Trinajstić information content (AvgIpc) is 2.55. The van der Waals surface area contributed by atoms with Crippen molar-refractivity contribution in [1.29, 1.82) is 5.26 Å². The molecular formula is C18H18N2O4. The Labute approximate surface area is 140 Å². The Morgan fingerprint density at radius 2 is 1.96 bits per heavy atom. The first kappa shape index (κ1) is 17.3. The number of nitriles is 1. The van der Waals surface area contributed by atoms with E-state index in [1.54, 1.807) is 26.2 Å². The van der Waals surface area contributed by atoms with Gasteiger partial charge in [-0.2, -0.15) is 5.26 Å². The van der Waals surface area contributed by atoms with Crippen LogP contribution in [0.4, 0.5) is 5.69 Å². The Morgan fingerprint density at radius 1 is 1.25 bits per heavy atom. The molecule has 0 spiro atoms. The van der Waals surface area contributed by atoms with E-state index in [0.29, 0.717) is 17.1 Å². The molecule has 2 rings (SSSR count). The summed E-state index contributed by atoms with van der Waals surface area (Å²) >= 11 is 0. The van der Waals surface area contributed by atoms with Crippen LogP contribution in [0.2, 0.25) is 0 Å². The Bertz CT molecular complexity index is 822. The summed E-state index contributed by atoms with van der Waals surface area (Å²) in [4.78, 5) is 10.4. The molecule has 2 aromatic rings. The van der Waals surface area contributed by atoms with E-state index < -0.39 is 4.92 Å². The fourth-order valence-electron chi connectivity index (χ4n) is 2.42. The number of ether oxygens (including phenoxy) is 2. The third-order valence-corrected chi connectivity index (χ3v) is 3.63. The molecule has 0 aliphatic heterocycles. The molecule has 6 nitrogen and oxygen atoms in total. The maximum absolute atomic E-state index is 10.9. The molecule has 0 atom stereocenters. The summed E-state index contributed by atoms with van der Waals surface area (Å²) in [7, 11) is 1.61. The van der Waals surface area contributed by atoms with Crippen molar-refractivity contribution in [1.82, 2.24) is 0 Å². The summed E-state index contributed by atoms with van der Waals surface area (Å²) in [5.41, 5.74) is 1.51. The third-order valence-electron chi connectivity index (χ3n) is 3.63. The normalized spacial score (nSPS) is 10.3. The van der Waals surface area contributed by atoms with Crippen molar-refractivity contribution in [3.63, 3.8) is 0 Å². The Hall–Kier alpha value is -3.07. The molecule has 0 aliphatic rings. The van der Waals surface area contributed by atoms with E-state index in [1.165, 1.54) is 12.1 Å². The molecule has 0 saturated carbocycles. The van der Waals surface area contributed by atoms with Gasteiger partial charge in [-0.3, -0.25) is 10.1 Å². The van der Waals surface area contributed by atoms with Crippen LogP contribution in [0.25, 0.3) is 0 Å². The van der Waals surface area contributed by atoms with Gasteiger partial charge in [0.25, 0.3) is 5.69 Å². The van der Waals surface area contributed by atoms with Crippen LogP contribution in [0.15, 0.2) is 30.3 Å². The lowest BCUT2D eigenvalue weighted by Gasteiger charge is -2.15. The van der Waals surface area contributed by atoms with Crippen molar-refractivity contribution in [2.75, 3.05) is 7.11 Å². The molecule has 24 heavy (non-hydrogen) atoms. The maximum atomic E-state index is 10.9. The van der Waals surface area contributed by atoms with Gasteiger partial charge in [-0.1, -0.05) is 13.8 Å². The molecule has 0 aromatic heterocycles. The van der Waals surface area contributed by atoms with E-state index in [4.69, 9.17) is 9.47 Å². The van der Waals surface area contributed by atoms with Crippen LogP contribution >= 0.6 is 0 Å². The van der Waals surface area contributed by atoms with Crippen LogP contribution in [0.5, 0.6) is 17.2 Å². The number of rotatable bonds is 5. The molecule has 124 valence electrons. The fourth-order valence-corrected chi connectivity index (χ4v) is 2.42. The number of nitrogens with zero attached hydrogens (tertiary/aromatic N) is 2. The van der Waals surface area contributed by atoms with Crippen molar-refractivity contribution >= 4 is 5.69 Å². The van der Waals surface area contributed by atoms with Gasteiger partial charge in [0, 0.05) is 17.7 Å². The van der Waals surface area contributed by atoms with Gasteiger partial charge >= 0.3 is 0 Å². The second-order valence-corrected chi connectivity index (χ2v) is 5.67. The molecule has 0 fully saturated rings. The van der Waals surface area contributed by atoms with Gasteiger partial charge in [0.05, 0.1) is 12.0 Å². The van der Waals surface area contributed by atoms with Crippen LogP contribution in [0, 0.1) is 28.4 Å². The van der Waals surface area contributed by atoms with Gasteiger partial charge in [0.15, 0.2) is 0 Å². The van der Waals surface area contributed by atoms with Crippen molar-refractivity contribution in [2.24, 2.45) is 0 Å². The van der Waals surface area contributed by atoms with E-state index in [9.17, 15) is 15.4 Å². The standard InChI is InChI=1S/C18H18N2O4/c1-11(2)16-9-15(5-6-17(16)23-4)24-18-12(3)7-14(20(21)22)8-13(18)10-19/h5-9,11H,1-4H3. The minimum absolute atomic E-state index is 0.128. The number of nitro benzene ring substituents is 1. The number of non-ortho nitro benzene ring substituents is 1. The smallest absolute Gasteiger partial charge is 0.271 e. The molecule has 0 radical (unpaired) electrons. The molecule has 0 aliphatic carbocycles. The van der Waals surface area contributed by atoms with Crippen molar-refractivity contribution in [3.8, 4) is 23.3 Å². The molecule has 0 amide bonds. The Kier molecular flexibility index (Phi) is 5.05. The zero-order valence-electron chi connectivity index (χ0n) is 14.0. The van der Waals surface area contributed by atoms with E-state index in [1.807, 2.05) is 26.0 Å². The molecule has 0 N–H and O–H groups in total. The molecule has 6 heteroatoms. The van der Waals surface area contributed by atoms with Gasteiger partial charge in [0.1, 0.15) is 28.9 Å². The zero-order valence-corrected chi connectivity index (χ0v) is 14.0. The highest BCUT2D eigenvalue weighted by Gasteiger charge is 2.17. The van der Waals surface area contributed by atoms with Gasteiger partial charge in [-0.05, 0) is 36.6 Å². The summed E-state index contributed by atoms with van der Waals surface area (Å²) in [5.74, 6) is 1.87. The Balaban J connectivity index is 2.47. The second kappa shape index (κ2) is 7.01. The molecule has 0 saturated heterocycles. The average molecular weight is 326 g/mol. The quantitative estimate of drug-likeness (QED) is 0.587. The topological polar surface area (TPSA) is 85.4 Å². The van der Waals surface area contributed by atoms with E-state index >= 15 is 0 Å². The molecule has 0 heterocycles. The predicted molar refractivity (Wildman–Crippen MR) is 89.7 cm³/mol. The molecular weight excluding hydrogens is 308 g/mol. The zero-order chi connectivity index (χ0) is 17.9. The SMILES string of the molecule is COc1ccc(Oc2c(C)cc([N+](=O)[O-])cc2C#N)cc1C(C)C. The number of hydrogen-bond donors (Lipinski definition) is 0. The van der Waals surface area contributed by atoms with Gasteiger partial charge < -0.3 is 9.47 Å². The van der Waals surface area contributed by atoms with Gasteiger partial charge in [-0.25, -0.2) is 0 Å². The number of benzene rings is 2. The largest absolute Gasteiger partial charge is 0.496 e. The minimum atomic E-state index is -0.526. The highest BCUT2D eigenvalue weighted by Crippen LogP contribution is 2.35. The predicted octanol–water partition coefficient (Wildman–Crippen LogP) is 4.70. The number of aryl methyl sites for hydroxylation is 1. The van der Waals surface area contributed by atoms with E-state index in [0.717, 1.165) is 11.3 Å². The fraction of sp³-hybridized carbons (Fsp3) is 0.278. The Morgan fingerprint density at radius 3 is 2.50 bits per heavy atom. The summed E-state index contributed by atoms with van der Waals surface area (Å²) in [6.07, 6.45) is 0. The molecule has 2 aromatic carbocycles. The minimum Gasteiger partial charge on any atom is -0.496 e. The lowest BCUT2D eigenvalue weighted by Crippen LogP contribution is -1.98. The first-order valence-corrected chi connectivity index (χ1v) is 7.42. The number of methoxy groups -OCH3 is 1. The van der Waals surface area contributed by atoms with Crippen molar-refractivity contribution in [2.45, 2.75) is 26.7 Å². The van der Waals surface area contributed by atoms with Crippen LogP contribution in [-0.2, 0) is 0 Å². The first-order chi connectivity index (χ1) is 11.4. The van der Waals surface area contributed by atoms with E-state index in [-0.39, 0.29) is 17.2 Å². The second-order valence-electron chi connectivity index (χ2n) is 5.67. The van der Waals surface area contributed by atoms with Gasteiger partial charge in [-0.15, -0.1) is 0 Å². The highest BCUT2D eigenvalue weighted by atomic mass is 16.6. The number of nitro groups is 1.